The van der Waals surface area contributed by atoms with Gasteiger partial charge in [0, 0.05) is 23.9 Å². The average molecular weight is 328 g/mol. The summed E-state index contributed by atoms with van der Waals surface area (Å²) in [6.45, 7) is 4.29. The monoisotopic (exact) mass is 328 g/mol. The highest BCUT2D eigenvalue weighted by atomic mass is 32.1. The van der Waals surface area contributed by atoms with Crippen LogP contribution in [0, 0.1) is 0 Å². The van der Waals surface area contributed by atoms with E-state index in [1.165, 1.54) is 29.1 Å². The largest absolute Gasteiger partial charge is 0.387 e. The van der Waals surface area contributed by atoms with E-state index in [0.29, 0.717) is 5.92 Å². The summed E-state index contributed by atoms with van der Waals surface area (Å²) in [5, 5.41) is 14.2. The number of aliphatic hydroxyl groups is 1. The topological polar surface area (TPSA) is 36.4 Å². The van der Waals surface area contributed by atoms with Crippen molar-refractivity contribution in [2.45, 2.75) is 50.7 Å². The third-order valence-electron chi connectivity index (χ3n) is 5.37. The molecule has 1 saturated heterocycles. The SMILES string of the molecule is CCc1csc(C2CCCN(C3Cc4ccccc4C3O)C2)n1. The van der Waals surface area contributed by atoms with Gasteiger partial charge in [-0.25, -0.2) is 4.98 Å². The molecule has 1 N–H and O–H groups in total. The molecule has 3 nitrogen and oxygen atoms in total. The molecule has 0 saturated carbocycles. The molecule has 23 heavy (non-hydrogen) atoms. The first-order valence-electron chi connectivity index (χ1n) is 8.70. The van der Waals surface area contributed by atoms with Gasteiger partial charge in [0.2, 0.25) is 0 Å². The van der Waals surface area contributed by atoms with Crippen molar-refractivity contribution in [1.29, 1.82) is 0 Å². The standard InChI is InChI=1S/C19H24N2OS/c1-2-15-12-23-19(20-15)14-7-5-9-21(11-14)17-10-13-6-3-4-8-16(13)18(17)22/h3-4,6,8,12,14,17-18,22H,2,5,7,9-11H2,1H3. The van der Waals surface area contributed by atoms with E-state index in [0.717, 1.165) is 31.5 Å². The van der Waals surface area contributed by atoms with Gasteiger partial charge in [-0.05, 0) is 43.4 Å². The second-order valence-corrected chi connectivity index (χ2v) is 7.67. The van der Waals surface area contributed by atoms with Crippen molar-refractivity contribution < 1.29 is 5.11 Å². The lowest BCUT2D eigenvalue weighted by molar-refractivity contribution is 0.0440. The number of aromatic nitrogens is 1. The predicted octanol–water partition coefficient (Wildman–Crippen LogP) is 3.54. The van der Waals surface area contributed by atoms with Crippen LogP contribution in [0.1, 0.15) is 53.6 Å². The maximum atomic E-state index is 10.7. The van der Waals surface area contributed by atoms with Gasteiger partial charge in [0.15, 0.2) is 0 Å². The van der Waals surface area contributed by atoms with Crippen molar-refractivity contribution in [2.75, 3.05) is 13.1 Å². The van der Waals surface area contributed by atoms with Gasteiger partial charge in [-0.15, -0.1) is 11.3 Å². The number of thiazole rings is 1. The summed E-state index contributed by atoms with van der Waals surface area (Å²) in [4.78, 5) is 7.31. The van der Waals surface area contributed by atoms with Crippen molar-refractivity contribution in [3.8, 4) is 0 Å². The molecule has 2 heterocycles. The number of aryl methyl sites for hydroxylation is 1. The second kappa shape index (κ2) is 6.34. The van der Waals surface area contributed by atoms with Crippen LogP contribution in [-0.2, 0) is 12.8 Å². The predicted molar refractivity (Wildman–Crippen MR) is 93.9 cm³/mol. The van der Waals surface area contributed by atoms with Gasteiger partial charge in [-0.2, -0.15) is 0 Å². The molecule has 0 bridgehead atoms. The summed E-state index contributed by atoms with van der Waals surface area (Å²) in [7, 11) is 0. The molecule has 0 spiro atoms. The smallest absolute Gasteiger partial charge is 0.0972 e. The molecule has 2 aliphatic rings. The number of hydrogen-bond acceptors (Lipinski definition) is 4. The molecule has 3 unspecified atom stereocenters. The van der Waals surface area contributed by atoms with Gasteiger partial charge in [0.25, 0.3) is 0 Å². The Kier molecular flexibility index (Phi) is 4.22. The minimum Gasteiger partial charge on any atom is -0.387 e. The highest BCUT2D eigenvalue weighted by molar-refractivity contribution is 7.09. The molecular weight excluding hydrogens is 304 g/mol. The summed E-state index contributed by atoms with van der Waals surface area (Å²) >= 11 is 1.81. The fourth-order valence-corrected chi connectivity index (χ4v) is 5.09. The van der Waals surface area contributed by atoms with Gasteiger partial charge >= 0.3 is 0 Å². The lowest BCUT2D eigenvalue weighted by atomic mass is 9.96. The van der Waals surface area contributed by atoms with Crippen molar-refractivity contribution >= 4 is 11.3 Å². The summed E-state index contributed by atoms with van der Waals surface area (Å²) in [5.41, 5.74) is 3.66. The normalized spacial score (nSPS) is 28.0. The van der Waals surface area contributed by atoms with Crippen LogP contribution in [0.15, 0.2) is 29.6 Å². The summed E-state index contributed by atoms with van der Waals surface area (Å²) in [5.74, 6) is 0.532. The van der Waals surface area contributed by atoms with Crippen molar-refractivity contribution in [3.05, 3.63) is 51.5 Å². The second-order valence-electron chi connectivity index (χ2n) is 6.78. The molecule has 1 aromatic heterocycles. The maximum Gasteiger partial charge on any atom is 0.0972 e. The van der Waals surface area contributed by atoms with E-state index in [4.69, 9.17) is 4.98 Å². The number of hydrogen-bond donors (Lipinski definition) is 1. The number of likely N-dealkylation sites (tertiary alicyclic amines) is 1. The first-order chi connectivity index (χ1) is 11.3. The highest BCUT2D eigenvalue weighted by Gasteiger charge is 2.37. The minimum absolute atomic E-state index is 0.237. The van der Waals surface area contributed by atoms with Crippen LogP contribution >= 0.6 is 11.3 Å². The van der Waals surface area contributed by atoms with Gasteiger partial charge in [-0.1, -0.05) is 31.2 Å². The first-order valence-corrected chi connectivity index (χ1v) is 9.58. The van der Waals surface area contributed by atoms with E-state index in [1.54, 1.807) is 0 Å². The van der Waals surface area contributed by atoms with Gasteiger partial charge in [-0.3, -0.25) is 4.90 Å². The molecule has 122 valence electrons. The van der Waals surface area contributed by atoms with Crippen LogP contribution in [0.3, 0.4) is 0 Å². The van der Waals surface area contributed by atoms with Crippen LogP contribution in [0.5, 0.6) is 0 Å². The maximum absolute atomic E-state index is 10.7. The molecule has 3 atom stereocenters. The zero-order valence-corrected chi connectivity index (χ0v) is 14.4. The Morgan fingerprint density at radius 2 is 2.22 bits per heavy atom. The Morgan fingerprint density at radius 3 is 3.00 bits per heavy atom. The third kappa shape index (κ3) is 2.84. The molecule has 0 amide bonds. The molecule has 1 aliphatic heterocycles. The zero-order chi connectivity index (χ0) is 15.8. The van der Waals surface area contributed by atoms with E-state index >= 15 is 0 Å². The third-order valence-corrected chi connectivity index (χ3v) is 6.43. The summed E-state index contributed by atoms with van der Waals surface area (Å²) < 4.78 is 0. The minimum atomic E-state index is -0.340. The Labute approximate surface area is 142 Å². The molecule has 2 aromatic rings. The number of piperidine rings is 1. The Hall–Kier alpha value is -1.23. The number of benzene rings is 1. The number of nitrogens with zero attached hydrogens (tertiary/aromatic N) is 2. The number of aliphatic hydroxyl groups excluding tert-OH is 1. The van der Waals surface area contributed by atoms with Crippen LogP contribution in [0.25, 0.3) is 0 Å². The zero-order valence-electron chi connectivity index (χ0n) is 13.6. The number of fused-ring (bicyclic) bond motifs is 1. The summed E-state index contributed by atoms with van der Waals surface area (Å²) in [6, 6.07) is 8.59. The fraction of sp³-hybridized carbons (Fsp3) is 0.526. The van der Waals surface area contributed by atoms with E-state index < -0.39 is 0 Å². The quantitative estimate of drug-likeness (QED) is 0.936. The molecule has 1 aliphatic carbocycles. The van der Waals surface area contributed by atoms with E-state index in [9.17, 15) is 5.11 Å². The fourth-order valence-electron chi connectivity index (χ4n) is 4.06. The van der Waals surface area contributed by atoms with Crippen LogP contribution in [-0.4, -0.2) is 34.1 Å². The molecule has 4 heteroatoms. The lowest BCUT2D eigenvalue weighted by Crippen LogP contribution is -2.44. The average Bonchev–Trinajstić information content (AvgIpc) is 3.20. The van der Waals surface area contributed by atoms with E-state index in [2.05, 4.69) is 35.4 Å². The molecular formula is C19H24N2OS. The molecule has 1 fully saturated rings. The lowest BCUT2D eigenvalue weighted by Gasteiger charge is -2.37. The Balaban J connectivity index is 1.50. The summed E-state index contributed by atoms with van der Waals surface area (Å²) in [6.07, 6.45) is 4.08. The molecule has 1 aromatic carbocycles. The van der Waals surface area contributed by atoms with Crippen molar-refractivity contribution in [1.82, 2.24) is 9.88 Å². The van der Waals surface area contributed by atoms with Crippen molar-refractivity contribution in [2.24, 2.45) is 0 Å². The highest BCUT2D eigenvalue weighted by Crippen LogP contribution is 2.38. The first kappa shape index (κ1) is 15.3. The van der Waals surface area contributed by atoms with Gasteiger partial charge < -0.3 is 5.11 Å². The number of rotatable bonds is 3. The van der Waals surface area contributed by atoms with E-state index in [-0.39, 0.29) is 12.1 Å². The van der Waals surface area contributed by atoms with Crippen molar-refractivity contribution in [3.63, 3.8) is 0 Å². The Morgan fingerprint density at radius 1 is 1.35 bits per heavy atom. The van der Waals surface area contributed by atoms with Gasteiger partial charge in [0.1, 0.15) is 0 Å². The van der Waals surface area contributed by atoms with E-state index in [1.807, 2.05) is 17.4 Å². The molecule has 4 rings (SSSR count). The molecule has 0 radical (unpaired) electrons. The van der Waals surface area contributed by atoms with Gasteiger partial charge in [0.05, 0.1) is 16.8 Å². The van der Waals surface area contributed by atoms with Crippen LogP contribution in [0.2, 0.25) is 0 Å². The van der Waals surface area contributed by atoms with Crippen LogP contribution < -0.4 is 0 Å². The Bertz CT molecular complexity index is 684. The van der Waals surface area contributed by atoms with Crippen LogP contribution in [0.4, 0.5) is 0 Å².